The Balaban J connectivity index is 2.02. The van der Waals surface area contributed by atoms with Crippen LogP contribution >= 0.6 is 0 Å². The first-order valence-corrected chi connectivity index (χ1v) is 6.02. The van der Waals surface area contributed by atoms with Gasteiger partial charge in [0.15, 0.2) is 11.9 Å². The highest BCUT2D eigenvalue weighted by Crippen LogP contribution is 2.21. The van der Waals surface area contributed by atoms with E-state index < -0.39 is 6.10 Å². The van der Waals surface area contributed by atoms with Crippen molar-refractivity contribution in [2.75, 3.05) is 5.32 Å². The van der Waals surface area contributed by atoms with Crippen LogP contribution in [0.3, 0.4) is 0 Å². The Morgan fingerprint density at radius 3 is 2.84 bits per heavy atom. The lowest BCUT2D eigenvalue weighted by Crippen LogP contribution is -2.30. The normalized spacial score (nSPS) is 11.9. The third-order valence-corrected chi connectivity index (χ3v) is 2.92. The number of hydrogen-bond donors (Lipinski definition) is 1. The highest BCUT2D eigenvalue weighted by Gasteiger charge is 2.17. The maximum Gasteiger partial charge on any atom is 0.266 e. The third-order valence-electron chi connectivity index (χ3n) is 2.92. The topological polar surface area (TPSA) is 64.4 Å². The van der Waals surface area contributed by atoms with Crippen LogP contribution in [0.1, 0.15) is 18.1 Å². The highest BCUT2D eigenvalue weighted by molar-refractivity contribution is 5.93. The van der Waals surface area contributed by atoms with Gasteiger partial charge in [0.05, 0.1) is 0 Å². The van der Waals surface area contributed by atoms with E-state index in [-0.39, 0.29) is 5.91 Å². The van der Waals surface area contributed by atoms with Gasteiger partial charge in [-0.3, -0.25) is 4.79 Å². The van der Waals surface area contributed by atoms with Gasteiger partial charge < -0.3 is 14.6 Å². The zero-order chi connectivity index (χ0) is 13.8. The zero-order valence-corrected chi connectivity index (χ0v) is 11.1. The van der Waals surface area contributed by atoms with Gasteiger partial charge in [-0.2, -0.15) is 0 Å². The molecule has 0 aliphatic rings. The Kier molecular flexibility index (Phi) is 3.85. The number of hydrogen-bond acceptors (Lipinski definition) is 4. The Labute approximate surface area is 111 Å². The van der Waals surface area contributed by atoms with Crippen molar-refractivity contribution in [2.45, 2.75) is 26.9 Å². The van der Waals surface area contributed by atoms with Gasteiger partial charge in [-0.15, -0.1) is 0 Å². The fraction of sp³-hybridized carbons (Fsp3) is 0.286. The molecule has 1 aromatic heterocycles. The minimum atomic E-state index is -0.614. The van der Waals surface area contributed by atoms with Gasteiger partial charge >= 0.3 is 0 Å². The fourth-order valence-corrected chi connectivity index (χ4v) is 1.60. The molecule has 1 heterocycles. The smallest absolute Gasteiger partial charge is 0.266 e. The first kappa shape index (κ1) is 13.1. The molecule has 5 heteroatoms. The monoisotopic (exact) mass is 260 g/mol. The van der Waals surface area contributed by atoms with Crippen molar-refractivity contribution >= 4 is 11.7 Å². The second kappa shape index (κ2) is 5.56. The summed E-state index contributed by atoms with van der Waals surface area (Å²) in [6.45, 7) is 5.66. The summed E-state index contributed by atoms with van der Waals surface area (Å²) in [4.78, 5) is 11.9. The molecule has 0 aliphatic heterocycles. The molecule has 1 N–H and O–H groups in total. The number of ether oxygens (including phenoxy) is 1. The first-order chi connectivity index (χ1) is 9.08. The molecule has 0 aliphatic carbocycles. The van der Waals surface area contributed by atoms with E-state index in [0.717, 1.165) is 11.1 Å². The van der Waals surface area contributed by atoms with E-state index in [4.69, 9.17) is 4.74 Å². The summed E-state index contributed by atoms with van der Waals surface area (Å²) in [7, 11) is 0. The van der Waals surface area contributed by atoms with Crippen LogP contribution in [0.2, 0.25) is 0 Å². The molecule has 2 rings (SSSR count). The minimum absolute atomic E-state index is 0.269. The van der Waals surface area contributed by atoms with E-state index in [2.05, 4.69) is 15.0 Å². The second-order valence-electron chi connectivity index (χ2n) is 4.33. The van der Waals surface area contributed by atoms with Gasteiger partial charge in [0.1, 0.15) is 12.0 Å². The number of aryl methyl sites for hydroxylation is 1. The Morgan fingerprint density at radius 2 is 2.16 bits per heavy atom. The maximum absolute atomic E-state index is 11.9. The molecule has 0 bridgehead atoms. The van der Waals surface area contributed by atoms with Crippen molar-refractivity contribution in [1.29, 1.82) is 0 Å². The molecule has 5 nitrogen and oxygen atoms in total. The Bertz CT molecular complexity index is 564. The van der Waals surface area contributed by atoms with Crippen LogP contribution in [0.4, 0.5) is 5.82 Å². The molecule has 0 unspecified atom stereocenters. The van der Waals surface area contributed by atoms with Crippen molar-refractivity contribution in [2.24, 2.45) is 0 Å². The lowest BCUT2D eigenvalue weighted by atomic mass is 10.1. The lowest BCUT2D eigenvalue weighted by Gasteiger charge is -2.16. The van der Waals surface area contributed by atoms with Crippen LogP contribution in [-0.4, -0.2) is 17.2 Å². The number of anilines is 1. The average Bonchev–Trinajstić information content (AvgIpc) is 2.87. The van der Waals surface area contributed by atoms with Crippen LogP contribution in [0.5, 0.6) is 5.75 Å². The first-order valence-electron chi connectivity index (χ1n) is 6.02. The minimum Gasteiger partial charge on any atom is -0.481 e. The molecule has 0 radical (unpaired) electrons. The second-order valence-corrected chi connectivity index (χ2v) is 4.33. The fourth-order valence-electron chi connectivity index (χ4n) is 1.60. The summed E-state index contributed by atoms with van der Waals surface area (Å²) in [5.74, 6) is 0.819. The summed E-state index contributed by atoms with van der Waals surface area (Å²) >= 11 is 0. The average molecular weight is 260 g/mol. The summed E-state index contributed by atoms with van der Waals surface area (Å²) in [5, 5.41) is 6.22. The van der Waals surface area contributed by atoms with Gasteiger partial charge in [-0.05, 0) is 38.0 Å². The summed E-state index contributed by atoms with van der Waals surface area (Å²) in [6.07, 6.45) is 0.781. The van der Waals surface area contributed by atoms with Crippen LogP contribution in [-0.2, 0) is 4.79 Å². The standard InChI is InChI=1S/C14H16N2O3/c1-9-5-4-6-12(10(9)2)19-11(3)14(17)15-13-7-8-18-16-13/h4-8,11H,1-3H3,(H,15,16,17)/t11-/m1/s1. The summed E-state index contributed by atoms with van der Waals surface area (Å²) in [5.41, 5.74) is 2.16. The van der Waals surface area contributed by atoms with Crippen LogP contribution in [0.15, 0.2) is 35.1 Å². The molecule has 1 aromatic carbocycles. The van der Waals surface area contributed by atoms with Gasteiger partial charge in [0.2, 0.25) is 0 Å². The number of rotatable bonds is 4. The third kappa shape index (κ3) is 3.13. The Morgan fingerprint density at radius 1 is 1.37 bits per heavy atom. The Hall–Kier alpha value is -2.30. The zero-order valence-electron chi connectivity index (χ0n) is 11.1. The molecule has 1 atom stereocenters. The number of amides is 1. The van der Waals surface area contributed by atoms with E-state index in [9.17, 15) is 4.79 Å². The molecule has 19 heavy (non-hydrogen) atoms. The SMILES string of the molecule is Cc1cccc(O[C@H](C)C(=O)Nc2ccon2)c1C. The molecule has 1 amide bonds. The molecular formula is C14H16N2O3. The number of carbonyl (C=O) groups excluding carboxylic acids is 1. The lowest BCUT2D eigenvalue weighted by molar-refractivity contribution is -0.122. The van der Waals surface area contributed by atoms with Crippen LogP contribution in [0, 0.1) is 13.8 Å². The van der Waals surface area contributed by atoms with Gasteiger partial charge in [0, 0.05) is 6.07 Å². The van der Waals surface area contributed by atoms with E-state index in [0.29, 0.717) is 11.6 Å². The molecule has 0 saturated carbocycles. The van der Waals surface area contributed by atoms with E-state index >= 15 is 0 Å². The van der Waals surface area contributed by atoms with Crippen molar-refractivity contribution in [3.63, 3.8) is 0 Å². The van der Waals surface area contributed by atoms with Crippen molar-refractivity contribution in [3.8, 4) is 5.75 Å². The van der Waals surface area contributed by atoms with Gasteiger partial charge in [-0.1, -0.05) is 17.3 Å². The molecule has 0 spiro atoms. The predicted octanol–water partition coefficient (Wildman–Crippen LogP) is 2.70. The number of benzene rings is 1. The van der Waals surface area contributed by atoms with E-state index in [1.807, 2.05) is 32.0 Å². The molecule has 0 fully saturated rings. The molecule has 2 aromatic rings. The van der Waals surface area contributed by atoms with Crippen LogP contribution < -0.4 is 10.1 Å². The number of nitrogens with one attached hydrogen (secondary N) is 1. The van der Waals surface area contributed by atoms with E-state index in [1.165, 1.54) is 6.26 Å². The highest BCUT2D eigenvalue weighted by atomic mass is 16.5. The number of carbonyl (C=O) groups is 1. The van der Waals surface area contributed by atoms with Gasteiger partial charge in [-0.25, -0.2) is 0 Å². The largest absolute Gasteiger partial charge is 0.481 e. The van der Waals surface area contributed by atoms with Crippen molar-refractivity contribution < 1.29 is 14.1 Å². The van der Waals surface area contributed by atoms with Crippen LogP contribution in [0.25, 0.3) is 0 Å². The van der Waals surface area contributed by atoms with Crippen molar-refractivity contribution in [3.05, 3.63) is 41.7 Å². The number of aromatic nitrogens is 1. The molecular weight excluding hydrogens is 244 g/mol. The molecule has 0 saturated heterocycles. The molecule has 100 valence electrons. The predicted molar refractivity (Wildman–Crippen MR) is 71.1 cm³/mol. The van der Waals surface area contributed by atoms with Gasteiger partial charge in [0.25, 0.3) is 5.91 Å². The number of nitrogens with zero attached hydrogens (tertiary/aromatic N) is 1. The maximum atomic E-state index is 11.9. The quantitative estimate of drug-likeness (QED) is 0.918. The van der Waals surface area contributed by atoms with Crippen molar-refractivity contribution in [1.82, 2.24) is 5.16 Å². The summed E-state index contributed by atoms with van der Waals surface area (Å²) < 4.78 is 10.3. The summed E-state index contributed by atoms with van der Waals surface area (Å²) in [6, 6.07) is 7.33. The van der Waals surface area contributed by atoms with E-state index in [1.54, 1.807) is 13.0 Å².